The summed E-state index contributed by atoms with van der Waals surface area (Å²) in [4.78, 5) is 14.3. The molecule has 0 bridgehead atoms. The minimum Gasteiger partial charge on any atom is -0.492 e. The molecule has 4 aromatic rings. The first-order valence-electron chi connectivity index (χ1n) is 11.2. The zero-order valence-corrected chi connectivity index (χ0v) is 19.1. The van der Waals surface area contributed by atoms with Crippen LogP contribution in [0, 0.1) is 0 Å². The number of benzene rings is 3. The van der Waals surface area contributed by atoms with Crippen LogP contribution in [0.2, 0.25) is 0 Å². The zero-order chi connectivity index (χ0) is 22.9. The molecule has 0 unspecified atom stereocenters. The highest BCUT2D eigenvalue weighted by atomic mass is 32.1. The molecule has 3 aromatic carbocycles. The topological polar surface area (TPSA) is 69.9 Å². The van der Waals surface area contributed by atoms with Gasteiger partial charge in [-0.05, 0) is 53.6 Å². The van der Waals surface area contributed by atoms with E-state index in [4.69, 9.17) is 4.99 Å². The van der Waals surface area contributed by atoms with Gasteiger partial charge in [-0.1, -0.05) is 65.9 Å². The Morgan fingerprint density at radius 3 is 2.62 bits per heavy atom. The Balaban J connectivity index is 1.26. The van der Waals surface area contributed by atoms with E-state index in [1.807, 2.05) is 60.7 Å². The van der Waals surface area contributed by atoms with Crippen molar-refractivity contribution in [3.05, 3.63) is 118 Å². The fourth-order valence-electron chi connectivity index (χ4n) is 4.19. The van der Waals surface area contributed by atoms with Gasteiger partial charge in [-0.25, -0.2) is 4.99 Å². The Morgan fingerprint density at radius 2 is 1.79 bits per heavy atom. The first kappa shape index (κ1) is 20.6. The number of nitrogens with one attached hydrogen (secondary N) is 1. The van der Waals surface area contributed by atoms with Gasteiger partial charge in [-0.15, -0.1) is 0 Å². The van der Waals surface area contributed by atoms with Gasteiger partial charge in [0.2, 0.25) is 5.88 Å². The van der Waals surface area contributed by atoms with E-state index >= 15 is 0 Å². The molecule has 1 aliphatic heterocycles. The molecule has 34 heavy (non-hydrogen) atoms. The average Bonchev–Trinajstić information content (AvgIpc) is 3.55. The number of thiazole rings is 1. The summed E-state index contributed by atoms with van der Waals surface area (Å²) in [5.74, 6) is 0.546. The largest absolute Gasteiger partial charge is 0.492 e. The molecule has 0 saturated heterocycles. The SMILES string of the molecule is Oc1nc(N[C@H]2C[C@@H]2c2ccccc2)sc1/C=c1\ccc2c(c1)C(=Nc1ccccc1)C=CN=2. The Hall–Kier alpha value is -4.03. The van der Waals surface area contributed by atoms with Gasteiger partial charge in [0, 0.05) is 23.7 Å². The number of rotatable bonds is 5. The molecule has 166 valence electrons. The third-order valence-electron chi connectivity index (χ3n) is 6.01. The lowest BCUT2D eigenvalue weighted by atomic mass is 10.1. The summed E-state index contributed by atoms with van der Waals surface area (Å²) in [6.45, 7) is 0. The summed E-state index contributed by atoms with van der Waals surface area (Å²) >= 11 is 1.47. The van der Waals surface area contributed by atoms with Crippen LogP contribution in [0.5, 0.6) is 5.88 Å². The number of nitrogens with zero attached hydrogens (tertiary/aromatic N) is 3. The van der Waals surface area contributed by atoms with Crippen LogP contribution in [-0.2, 0) is 0 Å². The zero-order valence-electron chi connectivity index (χ0n) is 18.3. The predicted molar refractivity (Wildman–Crippen MR) is 138 cm³/mol. The molecule has 6 heteroatoms. The van der Waals surface area contributed by atoms with Gasteiger partial charge in [0.05, 0.1) is 21.6 Å². The second-order valence-corrected chi connectivity index (χ2v) is 9.44. The number of fused-ring (bicyclic) bond motifs is 1. The van der Waals surface area contributed by atoms with E-state index < -0.39 is 0 Å². The van der Waals surface area contributed by atoms with Crippen LogP contribution in [-0.4, -0.2) is 21.8 Å². The summed E-state index contributed by atoms with van der Waals surface area (Å²) in [6.07, 6.45) is 6.73. The number of allylic oxidation sites excluding steroid dienone is 1. The molecule has 1 saturated carbocycles. The van der Waals surface area contributed by atoms with E-state index in [0.717, 1.165) is 44.0 Å². The number of aliphatic imine (C=N–C) groups is 1. The Kier molecular flexibility index (Phi) is 5.28. The molecule has 0 spiro atoms. The molecule has 2 atom stereocenters. The Bertz CT molecular complexity index is 1520. The van der Waals surface area contributed by atoms with E-state index in [0.29, 0.717) is 12.0 Å². The molecule has 1 fully saturated rings. The predicted octanol–water partition coefficient (Wildman–Crippen LogP) is 4.91. The molecule has 6 rings (SSSR count). The second kappa shape index (κ2) is 8.72. The Labute approximate surface area is 201 Å². The summed E-state index contributed by atoms with van der Waals surface area (Å²) in [7, 11) is 0. The van der Waals surface area contributed by atoms with E-state index in [1.165, 1.54) is 16.9 Å². The highest BCUT2D eigenvalue weighted by molar-refractivity contribution is 7.16. The van der Waals surface area contributed by atoms with E-state index in [1.54, 1.807) is 6.20 Å². The lowest BCUT2D eigenvalue weighted by molar-refractivity contribution is 0.456. The number of aromatic nitrogens is 1. The van der Waals surface area contributed by atoms with Crippen LogP contribution in [0.3, 0.4) is 0 Å². The first-order chi connectivity index (χ1) is 16.7. The summed E-state index contributed by atoms with van der Waals surface area (Å²) in [6, 6.07) is 26.8. The molecule has 0 amide bonds. The lowest BCUT2D eigenvalue weighted by Crippen LogP contribution is -2.21. The van der Waals surface area contributed by atoms with Crippen molar-refractivity contribution in [1.82, 2.24) is 4.98 Å². The summed E-state index contributed by atoms with van der Waals surface area (Å²) in [5, 5.41) is 16.5. The van der Waals surface area contributed by atoms with Crippen LogP contribution in [0.4, 0.5) is 10.8 Å². The molecule has 1 aromatic heterocycles. The van der Waals surface area contributed by atoms with Gasteiger partial charge < -0.3 is 10.4 Å². The number of para-hydroxylation sites is 1. The van der Waals surface area contributed by atoms with Crippen molar-refractivity contribution in [2.24, 2.45) is 9.98 Å². The van der Waals surface area contributed by atoms with Gasteiger partial charge >= 0.3 is 0 Å². The van der Waals surface area contributed by atoms with Crippen LogP contribution in [0.15, 0.2) is 101 Å². The fraction of sp³-hybridized carbons (Fsp3) is 0.107. The third kappa shape index (κ3) is 4.28. The maximum absolute atomic E-state index is 10.5. The lowest BCUT2D eigenvalue weighted by Gasteiger charge is -2.07. The van der Waals surface area contributed by atoms with E-state index in [-0.39, 0.29) is 5.88 Å². The van der Waals surface area contributed by atoms with Crippen LogP contribution in [0.25, 0.3) is 6.08 Å². The summed E-state index contributed by atoms with van der Waals surface area (Å²) in [5.41, 5.74) is 4.07. The monoisotopic (exact) mass is 462 g/mol. The summed E-state index contributed by atoms with van der Waals surface area (Å²) < 4.78 is 0. The van der Waals surface area contributed by atoms with Gasteiger partial charge in [-0.2, -0.15) is 4.98 Å². The second-order valence-electron chi connectivity index (χ2n) is 8.41. The first-order valence-corrected chi connectivity index (χ1v) is 12.1. The van der Waals surface area contributed by atoms with Crippen LogP contribution in [0.1, 0.15) is 28.3 Å². The van der Waals surface area contributed by atoms with Crippen molar-refractivity contribution in [2.75, 3.05) is 5.32 Å². The van der Waals surface area contributed by atoms with Crippen molar-refractivity contribution in [3.8, 4) is 5.88 Å². The molecule has 2 N–H and O–H groups in total. The molecule has 5 nitrogen and oxygen atoms in total. The number of hydrogen-bond donors (Lipinski definition) is 2. The van der Waals surface area contributed by atoms with Gasteiger partial charge in [0.25, 0.3) is 0 Å². The van der Waals surface area contributed by atoms with Gasteiger partial charge in [0.1, 0.15) is 0 Å². The highest BCUT2D eigenvalue weighted by Gasteiger charge is 2.38. The van der Waals surface area contributed by atoms with Crippen molar-refractivity contribution in [3.63, 3.8) is 0 Å². The van der Waals surface area contributed by atoms with Gasteiger partial charge in [0.15, 0.2) is 5.13 Å². The molecule has 2 heterocycles. The number of anilines is 1. The molecule has 2 aliphatic rings. The van der Waals surface area contributed by atoms with Crippen molar-refractivity contribution >= 4 is 33.9 Å². The quantitative estimate of drug-likeness (QED) is 0.443. The molecule has 0 radical (unpaired) electrons. The number of aromatic hydroxyl groups is 1. The molecule has 1 aliphatic carbocycles. The standard InChI is InChI=1S/C28H22N4OS/c33-27-26(34-28(32-27)31-25-17-21(25)19-7-3-1-4-8-19)16-18-11-12-23-22(15-18)24(13-14-29-23)30-20-9-5-2-6-10-20/h1-16,21,25,33H,17H2,(H,31,32)/b18-16+,30-24?/t21-,25+/m1/s1. The molecular weight excluding hydrogens is 440 g/mol. The van der Waals surface area contributed by atoms with Crippen molar-refractivity contribution < 1.29 is 5.11 Å². The highest BCUT2D eigenvalue weighted by Crippen LogP contribution is 2.43. The minimum atomic E-state index is 0.0462. The third-order valence-corrected chi connectivity index (χ3v) is 6.93. The van der Waals surface area contributed by atoms with E-state index in [9.17, 15) is 5.11 Å². The van der Waals surface area contributed by atoms with Crippen LogP contribution >= 0.6 is 11.3 Å². The fourth-order valence-corrected chi connectivity index (χ4v) is 5.07. The van der Waals surface area contributed by atoms with E-state index in [2.05, 4.69) is 45.6 Å². The minimum absolute atomic E-state index is 0.0462. The Morgan fingerprint density at radius 1 is 1.00 bits per heavy atom. The van der Waals surface area contributed by atoms with Crippen molar-refractivity contribution in [1.29, 1.82) is 0 Å². The number of hydrogen-bond acceptors (Lipinski definition) is 6. The van der Waals surface area contributed by atoms with Crippen molar-refractivity contribution in [2.45, 2.75) is 18.4 Å². The van der Waals surface area contributed by atoms with Crippen LogP contribution < -0.4 is 15.9 Å². The molecular formula is C28H22N4OS. The average molecular weight is 463 g/mol. The normalized spacial score (nSPS) is 20.1. The van der Waals surface area contributed by atoms with Gasteiger partial charge in [-0.3, -0.25) is 4.99 Å². The smallest absolute Gasteiger partial charge is 0.231 e. The maximum Gasteiger partial charge on any atom is 0.231 e. The maximum atomic E-state index is 10.5.